The minimum absolute atomic E-state index is 0.228. The van der Waals surface area contributed by atoms with Crippen molar-refractivity contribution in [1.29, 1.82) is 0 Å². The summed E-state index contributed by atoms with van der Waals surface area (Å²) in [6.07, 6.45) is 8.77. The van der Waals surface area contributed by atoms with Gasteiger partial charge in [0.2, 0.25) is 0 Å². The Morgan fingerprint density at radius 1 is 1.18 bits per heavy atom. The Balaban J connectivity index is 1.77. The molecule has 0 saturated heterocycles. The third kappa shape index (κ3) is 1.96. The highest BCUT2D eigenvalue weighted by atomic mass is 16.3. The van der Waals surface area contributed by atoms with E-state index in [1.165, 1.54) is 32.1 Å². The van der Waals surface area contributed by atoms with Crippen LogP contribution in [0.1, 0.15) is 39.0 Å². The Labute approximate surface area is 104 Å². The molecule has 2 nitrogen and oxygen atoms in total. The molecular formula is C15H25NO. The van der Waals surface area contributed by atoms with Gasteiger partial charge in [0.1, 0.15) is 0 Å². The molecule has 0 aromatic rings. The van der Waals surface area contributed by atoms with Crippen LogP contribution in [0.2, 0.25) is 0 Å². The summed E-state index contributed by atoms with van der Waals surface area (Å²) in [4.78, 5) is 0. The molecule has 1 atom stereocenters. The Hall–Kier alpha value is -0.340. The summed E-state index contributed by atoms with van der Waals surface area (Å²) in [5.74, 6) is 4.09. The van der Waals surface area contributed by atoms with Gasteiger partial charge in [-0.15, -0.1) is 0 Å². The van der Waals surface area contributed by atoms with Gasteiger partial charge in [-0.3, -0.25) is 0 Å². The normalized spacial score (nSPS) is 46.3. The number of rotatable bonds is 3. The summed E-state index contributed by atoms with van der Waals surface area (Å²) in [5.41, 5.74) is 6.66. The average Bonchev–Trinajstić information content (AvgIpc) is 2.27. The maximum absolute atomic E-state index is 10.6. The molecule has 4 aliphatic carbocycles. The predicted molar refractivity (Wildman–Crippen MR) is 69.4 cm³/mol. The summed E-state index contributed by atoms with van der Waals surface area (Å²) in [6.45, 7) is 2.60. The van der Waals surface area contributed by atoms with Gasteiger partial charge in [-0.2, -0.15) is 0 Å². The molecule has 0 radical (unpaired) electrons. The molecule has 17 heavy (non-hydrogen) atoms. The first kappa shape index (κ1) is 11.7. The van der Waals surface area contributed by atoms with E-state index in [1.807, 2.05) is 13.0 Å². The van der Waals surface area contributed by atoms with Crippen LogP contribution in [-0.2, 0) is 0 Å². The van der Waals surface area contributed by atoms with Gasteiger partial charge in [0.25, 0.3) is 0 Å². The maximum Gasteiger partial charge on any atom is 0.0781 e. The van der Waals surface area contributed by atoms with Crippen LogP contribution < -0.4 is 5.73 Å². The van der Waals surface area contributed by atoms with E-state index in [0.29, 0.717) is 12.5 Å². The fourth-order valence-corrected chi connectivity index (χ4v) is 5.09. The molecule has 3 N–H and O–H groups in total. The van der Waals surface area contributed by atoms with Gasteiger partial charge >= 0.3 is 0 Å². The zero-order chi connectivity index (χ0) is 12.0. The number of hydrogen-bond donors (Lipinski definition) is 2. The molecule has 4 saturated carbocycles. The first-order valence-corrected chi connectivity index (χ1v) is 7.23. The largest absolute Gasteiger partial charge is 0.388 e. The molecule has 0 aromatic heterocycles. The third-order valence-electron chi connectivity index (χ3n) is 5.57. The van der Waals surface area contributed by atoms with Crippen LogP contribution in [0.15, 0.2) is 11.6 Å². The van der Waals surface area contributed by atoms with Crippen molar-refractivity contribution in [3.05, 3.63) is 11.6 Å². The Bertz CT molecular complexity index is 295. The highest BCUT2D eigenvalue weighted by Gasteiger charge is 2.50. The lowest BCUT2D eigenvalue weighted by Gasteiger charge is -2.55. The van der Waals surface area contributed by atoms with Crippen LogP contribution in [0.5, 0.6) is 0 Å². The van der Waals surface area contributed by atoms with Gasteiger partial charge in [-0.1, -0.05) is 6.08 Å². The minimum Gasteiger partial charge on any atom is -0.388 e. The molecule has 4 aliphatic rings. The van der Waals surface area contributed by atoms with E-state index < -0.39 is 0 Å². The van der Waals surface area contributed by atoms with E-state index in [9.17, 15) is 5.11 Å². The SMILES string of the molecule is C/C(=C\CN)C(O)C1C2CC3CC(C2)CC1C3. The summed E-state index contributed by atoms with van der Waals surface area (Å²) < 4.78 is 0. The Morgan fingerprint density at radius 3 is 2.18 bits per heavy atom. The smallest absolute Gasteiger partial charge is 0.0781 e. The molecule has 0 spiro atoms. The second-order valence-corrected chi connectivity index (χ2v) is 6.64. The summed E-state index contributed by atoms with van der Waals surface area (Å²) >= 11 is 0. The molecule has 96 valence electrons. The van der Waals surface area contributed by atoms with E-state index in [0.717, 1.165) is 29.2 Å². The lowest BCUT2D eigenvalue weighted by Crippen LogP contribution is -2.49. The van der Waals surface area contributed by atoms with Crippen molar-refractivity contribution in [3.8, 4) is 0 Å². The molecule has 0 heterocycles. The number of hydrogen-bond acceptors (Lipinski definition) is 2. The fraction of sp³-hybridized carbons (Fsp3) is 0.867. The molecule has 4 fully saturated rings. The van der Waals surface area contributed by atoms with Crippen LogP contribution in [0.4, 0.5) is 0 Å². The zero-order valence-electron chi connectivity index (χ0n) is 10.8. The fourth-order valence-electron chi connectivity index (χ4n) is 5.09. The maximum atomic E-state index is 10.6. The van der Waals surface area contributed by atoms with Crippen molar-refractivity contribution in [2.75, 3.05) is 6.54 Å². The lowest BCUT2D eigenvalue weighted by molar-refractivity contribution is -0.0790. The van der Waals surface area contributed by atoms with E-state index in [1.54, 1.807) is 0 Å². The van der Waals surface area contributed by atoms with Gasteiger partial charge in [0.15, 0.2) is 0 Å². The second-order valence-electron chi connectivity index (χ2n) is 6.64. The van der Waals surface area contributed by atoms with E-state index in [4.69, 9.17) is 5.73 Å². The summed E-state index contributed by atoms with van der Waals surface area (Å²) in [6, 6.07) is 0. The monoisotopic (exact) mass is 235 g/mol. The van der Waals surface area contributed by atoms with Crippen LogP contribution in [-0.4, -0.2) is 17.8 Å². The highest BCUT2D eigenvalue weighted by molar-refractivity contribution is 5.12. The second kappa shape index (κ2) is 4.40. The van der Waals surface area contributed by atoms with Gasteiger partial charge < -0.3 is 10.8 Å². The van der Waals surface area contributed by atoms with Crippen molar-refractivity contribution >= 4 is 0 Å². The van der Waals surface area contributed by atoms with Gasteiger partial charge in [-0.25, -0.2) is 0 Å². The van der Waals surface area contributed by atoms with E-state index >= 15 is 0 Å². The quantitative estimate of drug-likeness (QED) is 0.737. The van der Waals surface area contributed by atoms with Crippen LogP contribution in [0, 0.1) is 29.6 Å². The molecule has 1 unspecified atom stereocenters. The molecule has 4 bridgehead atoms. The van der Waals surface area contributed by atoms with Gasteiger partial charge in [0.05, 0.1) is 6.10 Å². The zero-order valence-corrected chi connectivity index (χ0v) is 10.8. The van der Waals surface area contributed by atoms with Crippen molar-refractivity contribution in [2.24, 2.45) is 35.3 Å². The van der Waals surface area contributed by atoms with Gasteiger partial charge in [0, 0.05) is 6.54 Å². The lowest BCUT2D eigenvalue weighted by atomic mass is 9.50. The van der Waals surface area contributed by atoms with Crippen LogP contribution in [0.25, 0.3) is 0 Å². The topological polar surface area (TPSA) is 46.2 Å². The summed E-state index contributed by atoms with van der Waals surface area (Å²) in [7, 11) is 0. The molecular weight excluding hydrogens is 210 g/mol. The van der Waals surface area contributed by atoms with E-state index in [-0.39, 0.29) is 6.10 Å². The Kier molecular flexibility index (Phi) is 3.04. The molecule has 2 heteroatoms. The number of aliphatic hydroxyl groups is 1. The standard InChI is InChI=1S/C15H25NO/c1-9(2-3-16)15(17)14-12-5-10-4-11(7-12)8-13(14)6-10/h2,10-15,17H,3-8,16H2,1H3/b9-2+. The first-order valence-electron chi connectivity index (χ1n) is 7.23. The van der Waals surface area contributed by atoms with Crippen molar-refractivity contribution in [2.45, 2.75) is 45.1 Å². The van der Waals surface area contributed by atoms with Crippen molar-refractivity contribution in [3.63, 3.8) is 0 Å². The average molecular weight is 235 g/mol. The van der Waals surface area contributed by atoms with Gasteiger partial charge in [-0.05, 0) is 74.2 Å². The van der Waals surface area contributed by atoms with Crippen LogP contribution >= 0.6 is 0 Å². The van der Waals surface area contributed by atoms with Crippen molar-refractivity contribution in [1.82, 2.24) is 0 Å². The Morgan fingerprint density at radius 2 is 1.71 bits per heavy atom. The molecule has 4 rings (SSSR count). The van der Waals surface area contributed by atoms with E-state index in [2.05, 4.69) is 0 Å². The van der Waals surface area contributed by atoms with Crippen LogP contribution in [0.3, 0.4) is 0 Å². The highest BCUT2D eigenvalue weighted by Crippen LogP contribution is 2.57. The molecule has 0 amide bonds. The number of nitrogens with two attached hydrogens (primary N) is 1. The minimum atomic E-state index is -0.228. The molecule has 0 aromatic carbocycles. The predicted octanol–water partition coefficient (Wildman–Crippen LogP) is 2.32. The first-order chi connectivity index (χ1) is 8.19. The third-order valence-corrected chi connectivity index (χ3v) is 5.57. The number of aliphatic hydroxyl groups excluding tert-OH is 1. The molecule has 0 aliphatic heterocycles. The summed E-state index contributed by atoms with van der Waals surface area (Å²) in [5, 5.41) is 10.6. The van der Waals surface area contributed by atoms with Crippen molar-refractivity contribution < 1.29 is 5.11 Å².